The Balaban J connectivity index is 2.14. The maximum atomic E-state index is 14.0. The molecular formula is C16H19BrFNO4. The van der Waals surface area contributed by atoms with Gasteiger partial charge in [-0.25, -0.2) is 4.39 Å². The highest BCUT2D eigenvalue weighted by Crippen LogP contribution is 2.20. The average Bonchev–Trinajstić information content (AvgIpc) is 3.05. The highest BCUT2D eigenvalue weighted by Gasteiger charge is 2.25. The summed E-state index contributed by atoms with van der Waals surface area (Å²) in [5.41, 5.74) is -0.0257. The van der Waals surface area contributed by atoms with Crippen LogP contribution in [-0.4, -0.2) is 49.7 Å². The predicted octanol–water partition coefficient (Wildman–Crippen LogP) is 2.77. The van der Waals surface area contributed by atoms with E-state index in [1.807, 2.05) is 0 Å². The number of nitrogens with zero attached hydrogens (tertiary/aromatic N) is 1. The third-order valence-corrected chi connectivity index (χ3v) is 4.20. The van der Waals surface area contributed by atoms with Crippen molar-refractivity contribution < 1.29 is 23.5 Å². The number of amides is 1. The number of hydrogen-bond donors (Lipinski definition) is 0. The minimum atomic E-state index is -0.589. The number of rotatable bonds is 6. The maximum absolute atomic E-state index is 14.0. The van der Waals surface area contributed by atoms with Crippen LogP contribution >= 0.6 is 15.9 Å². The monoisotopic (exact) mass is 387 g/mol. The molecular weight excluding hydrogens is 369 g/mol. The molecule has 1 amide bonds. The summed E-state index contributed by atoms with van der Waals surface area (Å²) in [5.74, 6) is -1.46. The van der Waals surface area contributed by atoms with Crippen LogP contribution in [0.3, 0.4) is 0 Å². The molecule has 1 aromatic carbocycles. The molecule has 0 aromatic heterocycles. The lowest BCUT2D eigenvalue weighted by molar-refractivity contribution is -0.140. The molecule has 1 saturated heterocycles. The topological polar surface area (TPSA) is 55.8 Å². The fourth-order valence-corrected chi connectivity index (χ4v) is 2.83. The van der Waals surface area contributed by atoms with Gasteiger partial charge < -0.3 is 14.4 Å². The molecule has 0 radical (unpaired) electrons. The number of carbonyl (C=O) groups is 2. The van der Waals surface area contributed by atoms with Crippen LogP contribution in [0.1, 0.15) is 29.6 Å². The van der Waals surface area contributed by atoms with Crippen molar-refractivity contribution in [2.45, 2.75) is 25.4 Å². The van der Waals surface area contributed by atoms with Gasteiger partial charge in [-0.05, 0) is 31.0 Å². The van der Waals surface area contributed by atoms with E-state index in [0.717, 1.165) is 12.8 Å². The van der Waals surface area contributed by atoms with Crippen molar-refractivity contribution in [3.05, 3.63) is 34.1 Å². The fraction of sp³-hybridized carbons (Fsp3) is 0.500. The number of halogens is 2. The summed E-state index contributed by atoms with van der Waals surface area (Å²) in [7, 11) is 1.29. The first-order chi connectivity index (χ1) is 11.0. The summed E-state index contributed by atoms with van der Waals surface area (Å²) >= 11 is 3.24. The Morgan fingerprint density at radius 2 is 2.26 bits per heavy atom. The molecule has 1 aliphatic heterocycles. The lowest BCUT2D eigenvalue weighted by Crippen LogP contribution is -2.39. The molecule has 1 fully saturated rings. The SMILES string of the molecule is COC(=O)CCN(CC1CCCO1)C(=O)c1cc(Br)ccc1F. The molecule has 1 unspecified atom stereocenters. The van der Waals surface area contributed by atoms with Crippen LogP contribution in [0.2, 0.25) is 0 Å². The summed E-state index contributed by atoms with van der Waals surface area (Å²) in [6.45, 7) is 1.16. The van der Waals surface area contributed by atoms with Crippen LogP contribution in [0.5, 0.6) is 0 Å². The van der Waals surface area contributed by atoms with Crippen molar-refractivity contribution in [1.82, 2.24) is 4.90 Å². The molecule has 0 N–H and O–H groups in total. The van der Waals surface area contributed by atoms with E-state index in [4.69, 9.17) is 4.74 Å². The summed E-state index contributed by atoms with van der Waals surface area (Å²) in [5, 5.41) is 0. The first kappa shape index (κ1) is 17.9. The highest BCUT2D eigenvalue weighted by molar-refractivity contribution is 9.10. The minimum absolute atomic E-state index is 0.0257. The van der Waals surface area contributed by atoms with Crippen molar-refractivity contribution in [1.29, 1.82) is 0 Å². The number of esters is 1. The lowest BCUT2D eigenvalue weighted by Gasteiger charge is -2.25. The van der Waals surface area contributed by atoms with Crippen molar-refractivity contribution in [3.8, 4) is 0 Å². The Hall–Kier alpha value is -1.47. The van der Waals surface area contributed by atoms with Crippen molar-refractivity contribution in [3.63, 3.8) is 0 Å². The van der Waals surface area contributed by atoms with E-state index in [1.165, 1.54) is 30.2 Å². The zero-order valence-corrected chi connectivity index (χ0v) is 14.5. The average molecular weight is 388 g/mol. The van der Waals surface area contributed by atoms with Crippen molar-refractivity contribution in [2.75, 3.05) is 26.8 Å². The van der Waals surface area contributed by atoms with Crippen molar-refractivity contribution >= 4 is 27.8 Å². The second-order valence-corrected chi connectivity index (χ2v) is 6.25. The summed E-state index contributed by atoms with van der Waals surface area (Å²) in [4.78, 5) is 25.5. The summed E-state index contributed by atoms with van der Waals surface area (Å²) in [6.07, 6.45) is 1.77. The Morgan fingerprint density at radius 3 is 2.91 bits per heavy atom. The van der Waals surface area contributed by atoms with E-state index in [2.05, 4.69) is 20.7 Å². The Bertz CT molecular complexity index is 575. The van der Waals surface area contributed by atoms with E-state index in [1.54, 1.807) is 0 Å². The zero-order valence-electron chi connectivity index (χ0n) is 12.9. The first-order valence-electron chi connectivity index (χ1n) is 7.44. The van der Waals surface area contributed by atoms with Crippen LogP contribution in [0.25, 0.3) is 0 Å². The molecule has 7 heteroatoms. The van der Waals surface area contributed by atoms with Crippen molar-refractivity contribution in [2.24, 2.45) is 0 Å². The van der Waals surface area contributed by atoms with E-state index in [9.17, 15) is 14.0 Å². The van der Waals surface area contributed by atoms with Gasteiger partial charge in [0.05, 0.1) is 25.2 Å². The van der Waals surface area contributed by atoms with Gasteiger partial charge in [0.15, 0.2) is 0 Å². The van der Waals surface area contributed by atoms with Crippen LogP contribution in [0.4, 0.5) is 4.39 Å². The van der Waals surface area contributed by atoms with E-state index in [0.29, 0.717) is 17.6 Å². The summed E-state index contributed by atoms with van der Waals surface area (Å²) in [6, 6.07) is 4.21. The van der Waals surface area contributed by atoms with Crippen LogP contribution in [-0.2, 0) is 14.3 Å². The number of ether oxygens (including phenoxy) is 2. The van der Waals surface area contributed by atoms with E-state index in [-0.39, 0.29) is 24.6 Å². The zero-order chi connectivity index (χ0) is 16.8. The molecule has 0 aliphatic carbocycles. The van der Waals surface area contributed by atoms with Gasteiger partial charge in [0.1, 0.15) is 5.82 Å². The predicted molar refractivity (Wildman–Crippen MR) is 85.6 cm³/mol. The third kappa shape index (κ3) is 5.00. The largest absolute Gasteiger partial charge is 0.469 e. The quantitative estimate of drug-likeness (QED) is 0.704. The maximum Gasteiger partial charge on any atom is 0.307 e. The first-order valence-corrected chi connectivity index (χ1v) is 8.23. The van der Waals surface area contributed by atoms with Gasteiger partial charge in [-0.1, -0.05) is 15.9 Å². The van der Waals surface area contributed by atoms with Gasteiger partial charge in [0.2, 0.25) is 0 Å². The van der Waals surface area contributed by atoms with Crippen LogP contribution in [0, 0.1) is 5.82 Å². The molecule has 0 saturated carbocycles. The minimum Gasteiger partial charge on any atom is -0.469 e. The molecule has 1 aliphatic rings. The number of hydrogen-bond acceptors (Lipinski definition) is 4. The standard InChI is InChI=1S/C16H19BrFNO4/c1-22-15(20)6-7-19(10-12-3-2-8-23-12)16(21)13-9-11(17)4-5-14(13)18/h4-5,9,12H,2-3,6-8,10H2,1H3. The molecule has 1 atom stereocenters. The fourth-order valence-electron chi connectivity index (χ4n) is 2.47. The van der Waals surface area contributed by atoms with Gasteiger partial charge in [0, 0.05) is 24.2 Å². The second kappa shape index (κ2) is 8.40. The molecule has 126 valence electrons. The van der Waals surface area contributed by atoms with Gasteiger partial charge in [-0.2, -0.15) is 0 Å². The molecule has 1 aromatic rings. The molecule has 0 spiro atoms. The van der Waals surface area contributed by atoms with Gasteiger partial charge in [-0.15, -0.1) is 0 Å². The van der Waals surface area contributed by atoms with Crippen LogP contribution in [0.15, 0.2) is 22.7 Å². The highest BCUT2D eigenvalue weighted by atomic mass is 79.9. The second-order valence-electron chi connectivity index (χ2n) is 5.34. The lowest BCUT2D eigenvalue weighted by atomic mass is 10.1. The Kier molecular flexibility index (Phi) is 6.53. The number of benzene rings is 1. The molecule has 5 nitrogen and oxygen atoms in total. The molecule has 1 heterocycles. The van der Waals surface area contributed by atoms with E-state index >= 15 is 0 Å². The normalized spacial score (nSPS) is 17.1. The van der Waals surface area contributed by atoms with Gasteiger partial charge >= 0.3 is 5.97 Å². The number of carbonyl (C=O) groups excluding carboxylic acids is 2. The molecule has 23 heavy (non-hydrogen) atoms. The molecule has 2 rings (SSSR count). The Labute approximate surface area is 142 Å². The van der Waals surface area contributed by atoms with E-state index < -0.39 is 17.7 Å². The van der Waals surface area contributed by atoms with Gasteiger partial charge in [-0.3, -0.25) is 9.59 Å². The van der Waals surface area contributed by atoms with Crippen LogP contribution < -0.4 is 0 Å². The number of methoxy groups -OCH3 is 1. The summed E-state index contributed by atoms with van der Waals surface area (Å²) < 4.78 is 24.7. The smallest absolute Gasteiger partial charge is 0.307 e. The molecule has 0 bridgehead atoms. The van der Waals surface area contributed by atoms with Gasteiger partial charge in [0.25, 0.3) is 5.91 Å². The Morgan fingerprint density at radius 1 is 1.48 bits per heavy atom. The third-order valence-electron chi connectivity index (χ3n) is 3.71.